The molecule has 204 valence electrons. The van der Waals surface area contributed by atoms with Crippen molar-refractivity contribution < 1.29 is 23.6 Å². The molecule has 1 aliphatic heterocycles. The topological polar surface area (TPSA) is 106 Å². The van der Waals surface area contributed by atoms with E-state index in [1.165, 1.54) is 24.9 Å². The van der Waals surface area contributed by atoms with Crippen LogP contribution in [0.25, 0.3) is 6.08 Å². The maximum Gasteiger partial charge on any atom is 0.243 e. The second kappa shape index (κ2) is 13.3. The number of likely N-dealkylation sites (tertiary alicyclic amines) is 1. The number of hydrogen-bond donors (Lipinski definition) is 1. The number of hydroxylamine groups is 1. The lowest BCUT2D eigenvalue weighted by Gasteiger charge is -2.38. The van der Waals surface area contributed by atoms with Crippen LogP contribution in [0.1, 0.15) is 62.7 Å². The largest absolute Gasteiger partial charge is 0.297 e. The van der Waals surface area contributed by atoms with E-state index in [4.69, 9.17) is 0 Å². The Morgan fingerprint density at radius 1 is 1.24 bits per heavy atom. The molecule has 2 atom stereocenters. The van der Waals surface area contributed by atoms with Gasteiger partial charge in [0.15, 0.2) is 10.9 Å². The van der Waals surface area contributed by atoms with Gasteiger partial charge in [0.2, 0.25) is 5.91 Å². The Balaban J connectivity index is 1.54. The molecular formula is C27H34FN5O4S. The molecule has 38 heavy (non-hydrogen) atoms. The summed E-state index contributed by atoms with van der Waals surface area (Å²) >= 11 is 1.28. The number of aryl methyl sites for hydroxylation is 1. The summed E-state index contributed by atoms with van der Waals surface area (Å²) in [6, 6.07) is 5.85. The number of unbranched alkanes of at least 4 members (excludes halogenated alkanes) is 1. The third-order valence-electron chi connectivity index (χ3n) is 6.82. The molecule has 1 saturated carbocycles. The molecule has 1 saturated heterocycles. The molecule has 1 aromatic heterocycles. The lowest BCUT2D eigenvalue weighted by atomic mass is 9.93. The molecule has 2 heterocycles. The highest BCUT2D eigenvalue weighted by atomic mass is 32.2. The van der Waals surface area contributed by atoms with Crippen molar-refractivity contribution in [3.8, 4) is 0 Å². The minimum absolute atomic E-state index is 0.0204. The number of aromatic nitrogens is 3. The van der Waals surface area contributed by atoms with Crippen molar-refractivity contribution in [3.63, 3.8) is 0 Å². The van der Waals surface area contributed by atoms with E-state index < -0.39 is 6.04 Å². The van der Waals surface area contributed by atoms with Crippen molar-refractivity contribution in [2.75, 3.05) is 20.2 Å². The Morgan fingerprint density at radius 3 is 2.74 bits per heavy atom. The predicted molar refractivity (Wildman–Crippen MR) is 142 cm³/mol. The monoisotopic (exact) mass is 543 g/mol. The van der Waals surface area contributed by atoms with Crippen LogP contribution in [0.4, 0.5) is 4.39 Å². The van der Waals surface area contributed by atoms with E-state index in [1.807, 2.05) is 11.0 Å². The van der Waals surface area contributed by atoms with Crippen molar-refractivity contribution >= 4 is 34.6 Å². The fraction of sp³-hybridized carbons (Fsp3) is 0.519. The normalized spacial score (nSPS) is 19.9. The SMILES string of the molecule is CONC(=O)CCCCn1nncc1/C=C1/CN(C(C(=O)C2CC2)c2ccccc2F)CCC1SC(C)=O. The van der Waals surface area contributed by atoms with Gasteiger partial charge in [0.05, 0.1) is 25.0 Å². The van der Waals surface area contributed by atoms with Crippen LogP contribution in [-0.4, -0.2) is 62.1 Å². The molecule has 11 heteroatoms. The van der Waals surface area contributed by atoms with Gasteiger partial charge >= 0.3 is 0 Å². The van der Waals surface area contributed by atoms with Gasteiger partial charge in [-0.1, -0.05) is 35.2 Å². The predicted octanol–water partition coefficient (Wildman–Crippen LogP) is 3.72. The standard InChI is InChI=1S/C27H34FN5O4S/c1-18(34)38-24-12-14-32(26(27(36)19-10-11-19)22-7-3-4-8-23(22)28)17-20(24)15-21-16-29-31-33(21)13-6-5-9-25(35)30-37-2/h3-4,7-8,15-16,19,24,26H,5-6,9-14,17H2,1-2H3,(H,30,35)/b20-15-. The number of amides is 1. The molecule has 0 bridgehead atoms. The van der Waals surface area contributed by atoms with Crippen molar-refractivity contribution in [2.24, 2.45) is 5.92 Å². The molecular weight excluding hydrogens is 509 g/mol. The quantitative estimate of drug-likeness (QED) is 0.319. The third-order valence-corrected chi connectivity index (χ3v) is 7.98. The highest BCUT2D eigenvalue weighted by Gasteiger charge is 2.41. The molecule has 1 aromatic carbocycles. The Morgan fingerprint density at radius 2 is 2.03 bits per heavy atom. The number of halogens is 1. The zero-order chi connectivity index (χ0) is 27.1. The molecule has 2 unspecified atom stereocenters. The van der Waals surface area contributed by atoms with Crippen molar-refractivity contribution in [2.45, 2.75) is 63.3 Å². The lowest BCUT2D eigenvalue weighted by molar-refractivity contribution is -0.131. The minimum atomic E-state index is -0.656. The van der Waals surface area contributed by atoms with Crippen molar-refractivity contribution in [3.05, 3.63) is 53.1 Å². The van der Waals surface area contributed by atoms with Gasteiger partial charge in [0, 0.05) is 49.7 Å². The molecule has 2 fully saturated rings. The van der Waals surface area contributed by atoms with Gasteiger partial charge in [-0.05, 0) is 49.8 Å². The summed E-state index contributed by atoms with van der Waals surface area (Å²) in [6.45, 7) is 3.15. The average Bonchev–Trinajstić information content (AvgIpc) is 3.65. The van der Waals surface area contributed by atoms with Crippen LogP contribution in [0.5, 0.6) is 0 Å². The summed E-state index contributed by atoms with van der Waals surface area (Å²) in [5, 5.41) is 8.24. The molecule has 1 amide bonds. The molecule has 1 aliphatic carbocycles. The number of nitrogens with zero attached hydrogens (tertiary/aromatic N) is 4. The number of piperidine rings is 1. The zero-order valence-electron chi connectivity index (χ0n) is 21.8. The van der Waals surface area contributed by atoms with Crippen LogP contribution in [0, 0.1) is 11.7 Å². The molecule has 9 nitrogen and oxygen atoms in total. The molecule has 2 aromatic rings. The first-order valence-electron chi connectivity index (χ1n) is 13.0. The van der Waals surface area contributed by atoms with Gasteiger partial charge in [-0.2, -0.15) is 0 Å². The number of nitrogens with one attached hydrogen (secondary N) is 1. The van der Waals surface area contributed by atoms with Gasteiger partial charge in [-0.3, -0.25) is 24.1 Å². The van der Waals surface area contributed by atoms with Crippen molar-refractivity contribution in [1.29, 1.82) is 0 Å². The second-order valence-corrected chi connectivity index (χ2v) is 11.1. The summed E-state index contributed by atoms with van der Waals surface area (Å²) in [4.78, 5) is 43.7. The number of ketones is 1. The van der Waals surface area contributed by atoms with Crippen LogP contribution in [-0.2, 0) is 25.8 Å². The summed E-state index contributed by atoms with van der Waals surface area (Å²) < 4.78 is 16.7. The van der Waals surface area contributed by atoms with Crippen LogP contribution in [0.15, 0.2) is 36.0 Å². The first-order valence-corrected chi connectivity index (χ1v) is 13.9. The number of Topliss-reactive ketones (excluding diaryl/α,β-unsaturated/α-hetero) is 1. The highest BCUT2D eigenvalue weighted by molar-refractivity contribution is 8.14. The number of carbonyl (C=O) groups excluding carboxylic acids is 3. The number of benzene rings is 1. The van der Waals surface area contributed by atoms with E-state index in [-0.39, 0.29) is 33.8 Å². The fourth-order valence-electron chi connectivity index (χ4n) is 4.85. The molecule has 1 N–H and O–H groups in total. The maximum absolute atomic E-state index is 14.9. The highest BCUT2D eigenvalue weighted by Crippen LogP contribution is 2.40. The van der Waals surface area contributed by atoms with E-state index in [2.05, 4.69) is 20.6 Å². The van der Waals surface area contributed by atoms with Crippen LogP contribution >= 0.6 is 11.8 Å². The van der Waals surface area contributed by atoms with Gasteiger partial charge < -0.3 is 0 Å². The Hall–Kier alpha value is -2.89. The lowest BCUT2D eigenvalue weighted by Crippen LogP contribution is -2.43. The number of thioether (sulfide) groups is 1. The Labute approximate surface area is 226 Å². The van der Waals surface area contributed by atoms with Gasteiger partial charge in [0.1, 0.15) is 5.82 Å². The van der Waals surface area contributed by atoms with Crippen LogP contribution in [0.2, 0.25) is 0 Å². The maximum atomic E-state index is 14.9. The first kappa shape index (κ1) is 28.1. The van der Waals surface area contributed by atoms with E-state index in [0.29, 0.717) is 44.5 Å². The van der Waals surface area contributed by atoms with Crippen LogP contribution < -0.4 is 5.48 Å². The van der Waals surface area contributed by atoms with Gasteiger partial charge in [-0.15, -0.1) is 5.10 Å². The summed E-state index contributed by atoms with van der Waals surface area (Å²) in [5.41, 5.74) is 4.48. The summed E-state index contributed by atoms with van der Waals surface area (Å²) in [5.74, 6) is -0.506. The molecule has 0 radical (unpaired) electrons. The van der Waals surface area contributed by atoms with E-state index in [1.54, 1.807) is 36.0 Å². The number of hydrogen-bond acceptors (Lipinski definition) is 8. The van der Waals surface area contributed by atoms with Crippen LogP contribution in [0.3, 0.4) is 0 Å². The van der Waals surface area contributed by atoms with Crippen molar-refractivity contribution in [1.82, 2.24) is 25.4 Å². The number of rotatable bonds is 12. The zero-order valence-corrected chi connectivity index (χ0v) is 22.6. The molecule has 4 rings (SSSR count). The average molecular weight is 544 g/mol. The smallest absolute Gasteiger partial charge is 0.243 e. The Bertz CT molecular complexity index is 1180. The van der Waals surface area contributed by atoms with E-state index >= 15 is 0 Å². The molecule has 2 aliphatic rings. The van der Waals surface area contributed by atoms with Gasteiger partial charge in [-0.25, -0.2) is 14.6 Å². The molecule has 0 spiro atoms. The number of carbonyl (C=O) groups is 3. The minimum Gasteiger partial charge on any atom is -0.297 e. The summed E-state index contributed by atoms with van der Waals surface area (Å²) in [7, 11) is 1.40. The van der Waals surface area contributed by atoms with Gasteiger partial charge in [0.25, 0.3) is 0 Å². The fourth-order valence-corrected chi connectivity index (χ4v) is 5.77. The first-order chi connectivity index (χ1) is 18.4. The Kier molecular flexibility index (Phi) is 9.81. The second-order valence-electron chi connectivity index (χ2n) is 9.75. The third kappa shape index (κ3) is 7.36. The van der Waals surface area contributed by atoms with E-state index in [0.717, 1.165) is 30.5 Å². The van der Waals surface area contributed by atoms with E-state index in [9.17, 15) is 18.8 Å². The summed E-state index contributed by atoms with van der Waals surface area (Å²) in [6.07, 6.45) is 7.75.